The van der Waals surface area contributed by atoms with Crippen LogP contribution in [0.2, 0.25) is 0 Å². The van der Waals surface area contributed by atoms with E-state index in [1.807, 2.05) is 30.3 Å². The first-order valence-corrected chi connectivity index (χ1v) is 9.59. The second kappa shape index (κ2) is 8.34. The van der Waals surface area contributed by atoms with Gasteiger partial charge in [-0.2, -0.15) is 0 Å². The van der Waals surface area contributed by atoms with Crippen molar-refractivity contribution in [3.63, 3.8) is 0 Å². The van der Waals surface area contributed by atoms with E-state index in [0.717, 1.165) is 21.4 Å². The molecule has 10 heteroatoms. The molecule has 10 nitrogen and oxygen atoms in total. The highest BCUT2D eigenvalue weighted by atomic mass is 16.6. The molecule has 1 aromatic heterocycles. The monoisotopic (exact) mass is 435 g/mol. The fraction of sp³-hybridized carbons (Fsp3) is 0.136. The number of nitrogens with zero attached hydrogens (tertiary/aromatic N) is 2. The minimum atomic E-state index is -1.13. The van der Waals surface area contributed by atoms with Gasteiger partial charge in [-0.25, -0.2) is 4.79 Å². The minimum absolute atomic E-state index is 0.0289. The summed E-state index contributed by atoms with van der Waals surface area (Å²) >= 11 is 0. The van der Waals surface area contributed by atoms with E-state index in [4.69, 9.17) is 9.15 Å². The van der Waals surface area contributed by atoms with Crippen molar-refractivity contribution >= 4 is 45.1 Å². The molecule has 0 aliphatic heterocycles. The van der Waals surface area contributed by atoms with Crippen molar-refractivity contribution in [3.8, 4) is 0 Å². The first kappa shape index (κ1) is 20.8. The number of benzene rings is 3. The van der Waals surface area contributed by atoms with Crippen molar-refractivity contribution in [3.05, 3.63) is 81.3 Å². The van der Waals surface area contributed by atoms with E-state index in [-0.39, 0.29) is 16.8 Å². The van der Waals surface area contributed by atoms with Gasteiger partial charge in [0, 0.05) is 17.1 Å². The van der Waals surface area contributed by atoms with Gasteiger partial charge >= 0.3 is 11.7 Å². The maximum Gasteiger partial charge on any atom is 0.420 e. The molecule has 32 heavy (non-hydrogen) atoms. The van der Waals surface area contributed by atoms with Gasteiger partial charge in [-0.05, 0) is 24.4 Å². The lowest BCUT2D eigenvalue weighted by molar-refractivity contribution is -0.384. The Morgan fingerprint density at radius 2 is 1.91 bits per heavy atom. The molecule has 4 rings (SSSR count). The molecule has 1 unspecified atom stereocenters. The highest BCUT2D eigenvalue weighted by Gasteiger charge is 2.21. The molecular weight excluding hydrogens is 418 g/mol. The zero-order valence-corrected chi connectivity index (χ0v) is 16.8. The number of ether oxygens (including phenoxy) is 1. The van der Waals surface area contributed by atoms with Gasteiger partial charge in [0.05, 0.1) is 16.5 Å². The van der Waals surface area contributed by atoms with Gasteiger partial charge in [-0.1, -0.05) is 36.4 Å². The Morgan fingerprint density at radius 1 is 1.16 bits per heavy atom. The molecule has 0 spiro atoms. The number of non-ortho nitro benzene ring substituents is 1. The van der Waals surface area contributed by atoms with Gasteiger partial charge in [0.2, 0.25) is 0 Å². The van der Waals surface area contributed by atoms with E-state index < -0.39 is 35.2 Å². The lowest BCUT2D eigenvalue weighted by atomic mass is 10.1. The summed E-state index contributed by atoms with van der Waals surface area (Å²) < 4.78 is 11.1. The Labute approximate surface area is 180 Å². The van der Waals surface area contributed by atoms with E-state index in [2.05, 4.69) is 5.32 Å². The summed E-state index contributed by atoms with van der Waals surface area (Å²) in [6.45, 7) is 0.896. The van der Waals surface area contributed by atoms with Crippen LogP contribution in [0.4, 0.5) is 11.4 Å². The summed E-state index contributed by atoms with van der Waals surface area (Å²) in [7, 11) is 0. The number of nitro benzene ring substituents is 1. The Morgan fingerprint density at radius 3 is 2.69 bits per heavy atom. The number of aromatic nitrogens is 1. The quantitative estimate of drug-likeness (QED) is 0.279. The van der Waals surface area contributed by atoms with Crippen molar-refractivity contribution in [1.29, 1.82) is 0 Å². The first-order valence-electron chi connectivity index (χ1n) is 9.59. The Bertz CT molecular complexity index is 1410. The number of nitro groups is 1. The summed E-state index contributed by atoms with van der Waals surface area (Å²) in [6, 6.07) is 16.6. The average molecular weight is 435 g/mol. The topological polar surface area (TPSA) is 134 Å². The third-order valence-electron chi connectivity index (χ3n) is 4.87. The predicted molar refractivity (Wildman–Crippen MR) is 115 cm³/mol. The summed E-state index contributed by atoms with van der Waals surface area (Å²) in [5.74, 6) is -2.24. The van der Waals surface area contributed by atoms with Crippen LogP contribution >= 0.6 is 0 Å². The lowest BCUT2D eigenvalue weighted by Crippen LogP contribution is -2.32. The van der Waals surface area contributed by atoms with Gasteiger partial charge in [-0.3, -0.25) is 24.3 Å². The zero-order chi connectivity index (χ0) is 22.8. The van der Waals surface area contributed by atoms with Crippen LogP contribution in [0.1, 0.15) is 6.92 Å². The van der Waals surface area contributed by atoms with Crippen LogP contribution in [-0.4, -0.2) is 27.5 Å². The van der Waals surface area contributed by atoms with Gasteiger partial charge < -0.3 is 14.5 Å². The maximum absolute atomic E-state index is 12.5. The Hall–Kier alpha value is -4.47. The van der Waals surface area contributed by atoms with Crippen molar-refractivity contribution < 1.29 is 23.7 Å². The Balaban J connectivity index is 1.46. The number of carbonyl (C=O) groups is 2. The lowest BCUT2D eigenvalue weighted by Gasteiger charge is -2.15. The van der Waals surface area contributed by atoms with Gasteiger partial charge in [0.25, 0.3) is 11.6 Å². The SMILES string of the molecule is CC(OC(=O)Cn1c(=O)oc2cc([N+](=O)[O-])ccc21)C(=O)Nc1cccc2ccccc12. The molecule has 1 N–H and O–H groups in total. The molecule has 0 saturated carbocycles. The third kappa shape index (κ3) is 4.06. The van der Waals surface area contributed by atoms with Crippen LogP contribution in [-0.2, 0) is 20.9 Å². The number of fused-ring (bicyclic) bond motifs is 2. The molecule has 0 bridgehead atoms. The minimum Gasteiger partial charge on any atom is -0.451 e. The van der Waals surface area contributed by atoms with Crippen LogP contribution in [0.15, 0.2) is 69.9 Å². The molecule has 3 aromatic carbocycles. The Kier molecular flexibility index (Phi) is 5.42. The highest BCUT2D eigenvalue weighted by molar-refractivity contribution is 6.03. The van der Waals surface area contributed by atoms with E-state index in [1.54, 1.807) is 12.1 Å². The second-order valence-corrected chi connectivity index (χ2v) is 7.01. The number of nitrogens with one attached hydrogen (secondary N) is 1. The standard InChI is InChI=1S/C22H17N3O7/c1-13(21(27)23-17-8-4-6-14-5-2-3-7-16(14)17)31-20(26)12-24-18-10-9-15(25(29)30)11-19(18)32-22(24)28/h2-11,13H,12H2,1H3,(H,23,27). The second-order valence-electron chi connectivity index (χ2n) is 7.01. The maximum atomic E-state index is 12.5. The number of esters is 1. The third-order valence-corrected chi connectivity index (χ3v) is 4.87. The number of carbonyl (C=O) groups excluding carboxylic acids is 2. The molecule has 1 heterocycles. The number of hydrogen-bond acceptors (Lipinski definition) is 7. The van der Waals surface area contributed by atoms with Crippen LogP contribution in [0.5, 0.6) is 0 Å². The molecule has 0 fully saturated rings. The molecule has 0 aliphatic carbocycles. The molecule has 162 valence electrons. The molecular formula is C22H17N3O7. The van der Waals surface area contributed by atoms with Gasteiger partial charge in [0.15, 0.2) is 11.7 Å². The molecule has 0 radical (unpaired) electrons. The van der Waals surface area contributed by atoms with Crippen LogP contribution in [0.3, 0.4) is 0 Å². The van der Waals surface area contributed by atoms with Crippen molar-refractivity contribution in [2.24, 2.45) is 0 Å². The van der Waals surface area contributed by atoms with E-state index in [1.165, 1.54) is 19.1 Å². The van der Waals surface area contributed by atoms with E-state index >= 15 is 0 Å². The summed E-state index contributed by atoms with van der Waals surface area (Å²) in [4.78, 5) is 47.2. The number of amides is 1. The van der Waals surface area contributed by atoms with Crippen LogP contribution in [0, 0.1) is 10.1 Å². The molecule has 0 aliphatic rings. The smallest absolute Gasteiger partial charge is 0.420 e. The van der Waals surface area contributed by atoms with Gasteiger partial charge in [-0.15, -0.1) is 0 Å². The number of oxazole rings is 1. The predicted octanol–water partition coefficient (Wildman–Crippen LogP) is 3.23. The van der Waals surface area contributed by atoms with Crippen molar-refractivity contribution in [1.82, 2.24) is 4.57 Å². The fourth-order valence-electron chi connectivity index (χ4n) is 3.30. The number of rotatable bonds is 6. The molecule has 1 atom stereocenters. The van der Waals surface area contributed by atoms with Crippen molar-refractivity contribution in [2.75, 3.05) is 5.32 Å². The first-order chi connectivity index (χ1) is 15.3. The van der Waals surface area contributed by atoms with E-state index in [9.17, 15) is 24.5 Å². The molecule has 1 amide bonds. The van der Waals surface area contributed by atoms with Crippen LogP contribution in [0.25, 0.3) is 21.9 Å². The van der Waals surface area contributed by atoms with Crippen LogP contribution < -0.4 is 11.1 Å². The number of anilines is 1. The average Bonchev–Trinajstić information content (AvgIpc) is 3.08. The van der Waals surface area contributed by atoms with Crippen molar-refractivity contribution in [2.45, 2.75) is 19.6 Å². The highest BCUT2D eigenvalue weighted by Crippen LogP contribution is 2.23. The normalized spacial score (nSPS) is 11.9. The fourth-order valence-corrected chi connectivity index (χ4v) is 3.30. The van der Waals surface area contributed by atoms with E-state index in [0.29, 0.717) is 5.69 Å². The summed E-state index contributed by atoms with van der Waals surface area (Å²) in [6.07, 6.45) is -1.13. The molecule has 0 saturated heterocycles. The van der Waals surface area contributed by atoms with Gasteiger partial charge in [0.1, 0.15) is 6.54 Å². The summed E-state index contributed by atoms with van der Waals surface area (Å²) in [5, 5.41) is 15.4. The zero-order valence-electron chi connectivity index (χ0n) is 16.8. The number of hydrogen-bond donors (Lipinski definition) is 1. The summed E-state index contributed by atoms with van der Waals surface area (Å²) in [5.41, 5.74) is 0.499. The molecule has 4 aromatic rings. The largest absolute Gasteiger partial charge is 0.451 e.